The van der Waals surface area contributed by atoms with E-state index in [9.17, 15) is 9.90 Å². The van der Waals surface area contributed by atoms with Crippen LogP contribution < -0.4 is 10.4 Å². The number of rotatable bonds is 5. The molecule has 33 heavy (non-hydrogen) atoms. The Kier molecular flexibility index (Phi) is 4.66. The summed E-state index contributed by atoms with van der Waals surface area (Å²) in [6, 6.07) is 6.51. The van der Waals surface area contributed by atoms with E-state index in [2.05, 4.69) is 21.1 Å². The molecule has 1 aromatic carbocycles. The average Bonchev–Trinajstić information content (AvgIpc) is 3.60. The summed E-state index contributed by atoms with van der Waals surface area (Å²) in [5.41, 5.74) is 10.5. The molecule has 1 amide bonds. The van der Waals surface area contributed by atoms with E-state index in [0.29, 0.717) is 47.6 Å². The molecular weight excluding hydrogens is 431 g/mol. The first kappa shape index (κ1) is 19.9. The van der Waals surface area contributed by atoms with Gasteiger partial charge in [0.05, 0.1) is 30.6 Å². The third-order valence-corrected chi connectivity index (χ3v) is 6.26. The Labute approximate surface area is 188 Å². The topological polar surface area (TPSA) is 114 Å². The van der Waals surface area contributed by atoms with Crippen LogP contribution in [-0.4, -0.2) is 58.3 Å². The molecule has 2 N–H and O–H groups in total. The summed E-state index contributed by atoms with van der Waals surface area (Å²) < 4.78 is 20.7. The average molecular weight is 451 g/mol. The van der Waals surface area contributed by atoms with Crippen LogP contribution in [0.2, 0.25) is 0 Å². The fourth-order valence-corrected chi connectivity index (χ4v) is 4.62. The van der Waals surface area contributed by atoms with Crippen molar-refractivity contribution < 1.29 is 23.9 Å². The van der Waals surface area contributed by atoms with Crippen molar-refractivity contribution in [2.45, 2.75) is 31.1 Å². The number of hydrazine groups is 1. The first-order valence-electron chi connectivity index (χ1n) is 10.6. The van der Waals surface area contributed by atoms with Gasteiger partial charge in [0.2, 0.25) is 0 Å². The number of ether oxygens (including phenoxy) is 1. The minimum absolute atomic E-state index is 0.113. The number of aliphatic hydroxyl groups excluding tert-OH is 1. The molecule has 1 aromatic heterocycles. The van der Waals surface area contributed by atoms with Crippen molar-refractivity contribution >= 4 is 17.5 Å². The molecule has 170 valence electrons. The Morgan fingerprint density at radius 2 is 2.21 bits per heavy atom. The van der Waals surface area contributed by atoms with Crippen molar-refractivity contribution in [2.24, 2.45) is 5.16 Å². The van der Waals surface area contributed by atoms with Crippen LogP contribution in [0.4, 0.5) is 14.9 Å². The normalized spacial score (nSPS) is 25.0. The first-order chi connectivity index (χ1) is 16.1. The predicted molar refractivity (Wildman–Crippen MR) is 115 cm³/mol. The maximum absolute atomic E-state index is 15.1. The number of hydrogen-bond donors (Lipinski definition) is 2. The summed E-state index contributed by atoms with van der Waals surface area (Å²) in [7, 11) is 0. The molecule has 0 spiro atoms. The number of anilines is 1. The molecule has 0 unspecified atom stereocenters. The van der Waals surface area contributed by atoms with Crippen molar-refractivity contribution in [3.63, 3.8) is 0 Å². The van der Waals surface area contributed by atoms with Crippen LogP contribution in [0.1, 0.15) is 17.7 Å². The monoisotopic (exact) mass is 451 g/mol. The Hall–Kier alpha value is -3.70. The summed E-state index contributed by atoms with van der Waals surface area (Å²) >= 11 is 0. The van der Waals surface area contributed by atoms with Crippen LogP contribution in [0.5, 0.6) is 0 Å². The van der Waals surface area contributed by atoms with Crippen LogP contribution in [0, 0.1) is 5.82 Å². The summed E-state index contributed by atoms with van der Waals surface area (Å²) in [5, 5.41) is 14.9. The highest BCUT2D eigenvalue weighted by Crippen LogP contribution is 2.42. The predicted octanol–water partition coefficient (Wildman–Crippen LogP) is 2.20. The van der Waals surface area contributed by atoms with E-state index in [1.165, 1.54) is 6.07 Å². The van der Waals surface area contributed by atoms with Crippen molar-refractivity contribution in [3.05, 3.63) is 65.4 Å². The molecule has 10 nitrogen and oxygen atoms in total. The fraction of sp³-hybridized carbons (Fsp3) is 0.318. The number of halogens is 1. The third-order valence-electron chi connectivity index (χ3n) is 6.26. The number of hydrogen-bond acceptors (Lipinski definition) is 8. The van der Waals surface area contributed by atoms with Crippen molar-refractivity contribution in [2.75, 3.05) is 18.1 Å². The summed E-state index contributed by atoms with van der Waals surface area (Å²) in [6.07, 6.45) is 4.82. The van der Waals surface area contributed by atoms with Crippen LogP contribution in [0.3, 0.4) is 0 Å². The number of aliphatic hydroxyl groups is 1. The number of nitrogens with zero attached hydrogens (tertiary/aromatic N) is 5. The van der Waals surface area contributed by atoms with Gasteiger partial charge in [0.15, 0.2) is 6.10 Å². The maximum Gasteiger partial charge on any atom is 0.415 e. The zero-order valence-corrected chi connectivity index (χ0v) is 17.4. The molecule has 5 heterocycles. The molecule has 4 aliphatic heterocycles. The van der Waals surface area contributed by atoms with E-state index in [1.54, 1.807) is 46.7 Å². The molecule has 6 rings (SSSR count). The fourth-order valence-electron chi connectivity index (χ4n) is 4.62. The molecule has 4 aliphatic rings. The maximum atomic E-state index is 15.1. The van der Waals surface area contributed by atoms with E-state index in [0.717, 1.165) is 5.56 Å². The van der Waals surface area contributed by atoms with Gasteiger partial charge in [-0.2, -0.15) is 0 Å². The number of carbonyl (C=O) groups excluding carboxylic acids is 1. The second kappa shape index (κ2) is 7.71. The lowest BCUT2D eigenvalue weighted by atomic mass is 9.99. The number of cyclic esters (lactones) is 1. The Balaban J connectivity index is 1.24. The van der Waals surface area contributed by atoms with Crippen molar-refractivity contribution in [3.8, 4) is 11.1 Å². The van der Waals surface area contributed by atoms with Gasteiger partial charge in [-0.3, -0.25) is 9.88 Å². The van der Waals surface area contributed by atoms with Gasteiger partial charge in [0.25, 0.3) is 0 Å². The van der Waals surface area contributed by atoms with Gasteiger partial charge in [-0.1, -0.05) is 11.2 Å². The first-order valence-corrected chi connectivity index (χ1v) is 10.6. The molecule has 0 saturated carbocycles. The number of aromatic nitrogens is 1. The van der Waals surface area contributed by atoms with E-state index in [1.807, 2.05) is 0 Å². The number of carbonyl (C=O) groups is 1. The highest BCUT2D eigenvalue weighted by atomic mass is 19.1. The van der Waals surface area contributed by atoms with E-state index >= 15 is 4.39 Å². The number of pyridine rings is 1. The largest absolute Gasteiger partial charge is 0.609 e. The Morgan fingerprint density at radius 1 is 1.30 bits per heavy atom. The lowest BCUT2D eigenvalue weighted by molar-refractivity contribution is 0.0390. The van der Waals surface area contributed by atoms with Gasteiger partial charge in [-0.25, -0.2) is 9.18 Å². The molecular formula is C22H20FN6O4-. The smallest absolute Gasteiger partial charge is 0.415 e. The highest BCUT2D eigenvalue weighted by molar-refractivity contribution is 6.00. The standard InChI is InChI=1S/C22H20FN6O4/c23-16-8-19-13(6-20-21(32-22(31)29(19)20)10-28-4-3-25-27-28)5-15(16)12-1-2-17(24-9-12)18-7-14(11-30)33-26-18/h1-5,8-9,14,20-21,27,30H,6-7,10-11H2/q-1/t14-,20-,21-/m0/s1. The Bertz CT molecular complexity index is 1170. The highest BCUT2D eigenvalue weighted by Gasteiger charge is 2.48. The molecule has 0 radical (unpaired) electrons. The second-order valence-corrected chi connectivity index (χ2v) is 8.29. The zero-order chi connectivity index (χ0) is 22.5. The molecule has 0 bridgehead atoms. The zero-order valence-electron chi connectivity index (χ0n) is 17.4. The van der Waals surface area contributed by atoms with E-state index in [-0.39, 0.29) is 24.9 Å². The van der Waals surface area contributed by atoms with Crippen molar-refractivity contribution in [1.29, 1.82) is 0 Å². The van der Waals surface area contributed by atoms with E-state index in [4.69, 9.17) is 9.57 Å². The second-order valence-electron chi connectivity index (χ2n) is 8.29. The summed E-state index contributed by atoms with van der Waals surface area (Å²) in [5.74, 6) is -0.440. The number of fused-ring (bicyclic) bond motifs is 3. The quantitative estimate of drug-likeness (QED) is 0.717. The number of benzene rings is 1. The van der Waals surface area contributed by atoms with Crippen LogP contribution in [-0.2, 0) is 16.0 Å². The lowest BCUT2D eigenvalue weighted by Gasteiger charge is -2.26. The molecule has 1 fully saturated rings. The molecule has 0 aliphatic carbocycles. The van der Waals surface area contributed by atoms with Gasteiger partial charge in [-0.05, 0) is 36.4 Å². The van der Waals surface area contributed by atoms with Gasteiger partial charge in [-0.15, -0.1) is 6.20 Å². The van der Waals surface area contributed by atoms with Gasteiger partial charge in [0, 0.05) is 23.7 Å². The molecule has 11 heteroatoms. The minimum atomic E-state index is -0.470. The molecule has 1 saturated heterocycles. The number of amides is 1. The summed E-state index contributed by atoms with van der Waals surface area (Å²) in [4.78, 5) is 23.6. The lowest BCUT2D eigenvalue weighted by Crippen LogP contribution is -2.41. The molecule has 3 atom stereocenters. The summed E-state index contributed by atoms with van der Waals surface area (Å²) in [6.45, 7) is 0.324. The van der Waals surface area contributed by atoms with Crippen molar-refractivity contribution in [1.82, 2.24) is 15.5 Å². The SMILES string of the molecule is O=C1O[C@@H](CN2C=C[N-]N2)[C@@H]2Cc3cc(-c4ccc(C5=NO[C@H](CO)C5)nc4)c(F)cc3N12. The van der Waals surface area contributed by atoms with Gasteiger partial charge >= 0.3 is 6.09 Å². The molecule has 2 aromatic rings. The van der Waals surface area contributed by atoms with Crippen LogP contribution >= 0.6 is 0 Å². The van der Waals surface area contributed by atoms with E-state index < -0.39 is 11.9 Å². The Morgan fingerprint density at radius 3 is 2.94 bits per heavy atom. The van der Waals surface area contributed by atoms with Crippen LogP contribution in [0.15, 0.2) is 48.0 Å². The number of nitrogens with one attached hydrogen (secondary N) is 1. The van der Waals surface area contributed by atoms with Crippen LogP contribution in [0.25, 0.3) is 16.6 Å². The minimum Gasteiger partial charge on any atom is -0.609 e. The van der Waals surface area contributed by atoms with Gasteiger partial charge < -0.3 is 30.7 Å². The number of oxime groups is 1. The third kappa shape index (κ3) is 3.36. The van der Waals surface area contributed by atoms with Gasteiger partial charge in [0.1, 0.15) is 17.6 Å².